The summed E-state index contributed by atoms with van der Waals surface area (Å²) in [6, 6.07) is 6.37. The predicted molar refractivity (Wildman–Crippen MR) is 88.7 cm³/mol. The highest BCUT2D eigenvalue weighted by Gasteiger charge is 2.12. The van der Waals surface area contributed by atoms with Gasteiger partial charge in [-0.05, 0) is 31.9 Å². The molecule has 0 spiro atoms. The Labute approximate surface area is 132 Å². The Kier molecular flexibility index (Phi) is 5.36. The number of hydrogen-bond acceptors (Lipinski definition) is 2. The highest BCUT2D eigenvalue weighted by Crippen LogP contribution is 2.19. The number of carbonyl (C=O) groups excluding carboxylic acids is 1. The molecule has 0 saturated carbocycles. The molecule has 1 heterocycles. The van der Waals surface area contributed by atoms with Crippen LogP contribution in [-0.4, -0.2) is 15.5 Å². The lowest BCUT2D eigenvalue weighted by atomic mass is 10.00. The zero-order valence-electron chi connectivity index (χ0n) is 13.9. The van der Waals surface area contributed by atoms with E-state index in [0.29, 0.717) is 13.0 Å². The van der Waals surface area contributed by atoms with E-state index in [1.807, 2.05) is 17.7 Å². The quantitative estimate of drug-likeness (QED) is 0.889. The molecule has 0 fully saturated rings. The lowest BCUT2D eigenvalue weighted by molar-refractivity contribution is -0.121. The first-order chi connectivity index (χ1) is 10.5. The Balaban J connectivity index is 1.93. The molecular weight excluding hydrogens is 274 g/mol. The molecule has 0 radical (unpaired) electrons. The first-order valence-electron chi connectivity index (χ1n) is 7.87. The monoisotopic (exact) mass is 299 g/mol. The van der Waals surface area contributed by atoms with Gasteiger partial charge >= 0.3 is 0 Å². The molecule has 0 saturated heterocycles. The number of aromatic nitrogens is 2. The third-order valence-corrected chi connectivity index (χ3v) is 3.98. The number of amides is 1. The SMILES string of the molecule is CCc1nccn1CCC(=O)NC(C)c1cc(C)ccc1C. The van der Waals surface area contributed by atoms with Crippen LogP contribution in [0, 0.1) is 13.8 Å². The van der Waals surface area contributed by atoms with E-state index in [9.17, 15) is 4.79 Å². The maximum Gasteiger partial charge on any atom is 0.222 e. The lowest BCUT2D eigenvalue weighted by Crippen LogP contribution is -2.28. The highest BCUT2D eigenvalue weighted by atomic mass is 16.1. The molecule has 1 atom stereocenters. The third-order valence-electron chi connectivity index (χ3n) is 3.98. The molecule has 1 unspecified atom stereocenters. The maximum absolute atomic E-state index is 12.2. The molecule has 0 aliphatic rings. The van der Waals surface area contributed by atoms with E-state index < -0.39 is 0 Å². The fraction of sp³-hybridized carbons (Fsp3) is 0.444. The summed E-state index contributed by atoms with van der Waals surface area (Å²) in [7, 11) is 0. The molecule has 22 heavy (non-hydrogen) atoms. The average Bonchev–Trinajstić information content (AvgIpc) is 2.95. The van der Waals surface area contributed by atoms with Crippen LogP contribution in [0.3, 0.4) is 0 Å². The Hall–Kier alpha value is -2.10. The average molecular weight is 299 g/mol. The normalized spacial score (nSPS) is 12.2. The number of rotatable bonds is 6. The van der Waals surface area contributed by atoms with Gasteiger partial charge in [0.25, 0.3) is 0 Å². The number of benzene rings is 1. The summed E-state index contributed by atoms with van der Waals surface area (Å²) in [5, 5.41) is 3.09. The van der Waals surface area contributed by atoms with Crippen LogP contribution in [0.15, 0.2) is 30.6 Å². The number of nitrogens with one attached hydrogen (secondary N) is 1. The van der Waals surface area contributed by atoms with Crippen molar-refractivity contribution >= 4 is 5.91 Å². The van der Waals surface area contributed by atoms with Gasteiger partial charge in [0.05, 0.1) is 6.04 Å². The summed E-state index contributed by atoms with van der Waals surface area (Å²) in [4.78, 5) is 16.4. The van der Waals surface area contributed by atoms with Gasteiger partial charge in [0, 0.05) is 31.8 Å². The molecule has 2 rings (SSSR count). The van der Waals surface area contributed by atoms with Crippen molar-refractivity contribution in [2.24, 2.45) is 0 Å². The van der Waals surface area contributed by atoms with E-state index in [-0.39, 0.29) is 11.9 Å². The molecule has 0 aliphatic carbocycles. The Bertz CT molecular complexity index is 646. The fourth-order valence-electron chi connectivity index (χ4n) is 2.70. The molecule has 2 aromatic rings. The molecule has 0 aliphatic heterocycles. The second-order valence-corrected chi connectivity index (χ2v) is 5.79. The summed E-state index contributed by atoms with van der Waals surface area (Å²) in [6.07, 6.45) is 5.07. The van der Waals surface area contributed by atoms with Crippen LogP contribution in [0.25, 0.3) is 0 Å². The van der Waals surface area contributed by atoms with E-state index in [1.165, 1.54) is 16.7 Å². The molecule has 4 heteroatoms. The van der Waals surface area contributed by atoms with Crippen molar-refractivity contribution in [2.45, 2.75) is 53.1 Å². The fourth-order valence-corrected chi connectivity index (χ4v) is 2.70. The van der Waals surface area contributed by atoms with Gasteiger partial charge in [0.15, 0.2) is 0 Å². The van der Waals surface area contributed by atoms with Crippen LogP contribution < -0.4 is 5.32 Å². The summed E-state index contributed by atoms with van der Waals surface area (Å²) in [5.74, 6) is 1.10. The molecule has 1 N–H and O–H groups in total. The highest BCUT2D eigenvalue weighted by molar-refractivity contribution is 5.76. The molecule has 1 amide bonds. The number of nitrogens with zero attached hydrogens (tertiary/aromatic N) is 2. The number of carbonyl (C=O) groups is 1. The second kappa shape index (κ2) is 7.25. The number of imidazole rings is 1. The minimum absolute atomic E-state index is 0.0285. The van der Waals surface area contributed by atoms with Crippen molar-refractivity contribution < 1.29 is 4.79 Å². The molecule has 1 aromatic heterocycles. The van der Waals surface area contributed by atoms with Crippen molar-refractivity contribution in [3.63, 3.8) is 0 Å². The largest absolute Gasteiger partial charge is 0.350 e. The number of aryl methyl sites for hydroxylation is 4. The van der Waals surface area contributed by atoms with Crippen LogP contribution in [-0.2, 0) is 17.8 Å². The van der Waals surface area contributed by atoms with Gasteiger partial charge in [0.1, 0.15) is 5.82 Å². The van der Waals surface area contributed by atoms with Crippen LogP contribution in [0.4, 0.5) is 0 Å². The van der Waals surface area contributed by atoms with Gasteiger partial charge in [-0.1, -0.05) is 30.7 Å². The van der Waals surface area contributed by atoms with Gasteiger partial charge in [0.2, 0.25) is 5.91 Å². The van der Waals surface area contributed by atoms with Gasteiger partial charge in [-0.15, -0.1) is 0 Å². The summed E-state index contributed by atoms with van der Waals surface area (Å²) in [5.41, 5.74) is 3.61. The maximum atomic E-state index is 12.2. The van der Waals surface area contributed by atoms with Gasteiger partial charge in [-0.25, -0.2) is 4.98 Å². The molecule has 4 nitrogen and oxygen atoms in total. The Morgan fingerprint density at radius 1 is 1.36 bits per heavy atom. The summed E-state index contributed by atoms with van der Waals surface area (Å²) >= 11 is 0. The standard InChI is InChI=1S/C18H25N3O/c1-5-17-19-9-11-21(17)10-8-18(22)20-15(4)16-12-13(2)6-7-14(16)3/h6-7,9,11-12,15H,5,8,10H2,1-4H3,(H,20,22). The van der Waals surface area contributed by atoms with Crippen molar-refractivity contribution in [3.8, 4) is 0 Å². The van der Waals surface area contributed by atoms with Crippen molar-refractivity contribution in [1.82, 2.24) is 14.9 Å². The third kappa shape index (κ3) is 3.97. The van der Waals surface area contributed by atoms with Crippen molar-refractivity contribution in [1.29, 1.82) is 0 Å². The van der Waals surface area contributed by atoms with Gasteiger partial charge in [-0.2, -0.15) is 0 Å². The molecule has 118 valence electrons. The van der Waals surface area contributed by atoms with E-state index in [2.05, 4.69) is 49.3 Å². The molecule has 1 aromatic carbocycles. The predicted octanol–water partition coefficient (Wildman–Crippen LogP) is 3.33. The Morgan fingerprint density at radius 3 is 2.86 bits per heavy atom. The van der Waals surface area contributed by atoms with Crippen molar-refractivity contribution in [2.75, 3.05) is 0 Å². The second-order valence-electron chi connectivity index (χ2n) is 5.79. The van der Waals surface area contributed by atoms with E-state index in [0.717, 1.165) is 12.2 Å². The van der Waals surface area contributed by atoms with Crippen LogP contribution in [0.2, 0.25) is 0 Å². The van der Waals surface area contributed by atoms with Gasteiger partial charge < -0.3 is 9.88 Å². The minimum atomic E-state index is 0.0285. The molecule has 0 bridgehead atoms. The molecular formula is C18H25N3O. The zero-order valence-corrected chi connectivity index (χ0v) is 13.9. The van der Waals surface area contributed by atoms with E-state index in [1.54, 1.807) is 6.20 Å². The first kappa shape index (κ1) is 16.3. The van der Waals surface area contributed by atoms with E-state index in [4.69, 9.17) is 0 Å². The Morgan fingerprint density at radius 2 is 2.14 bits per heavy atom. The van der Waals surface area contributed by atoms with Crippen molar-refractivity contribution in [3.05, 3.63) is 53.1 Å². The zero-order chi connectivity index (χ0) is 16.1. The smallest absolute Gasteiger partial charge is 0.222 e. The topological polar surface area (TPSA) is 46.9 Å². The first-order valence-corrected chi connectivity index (χ1v) is 7.87. The van der Waals surface area contributed by atoms with Crippen LogP contribution >= 0.6 is 0 Å². The lowest BCUT2D eigenvalue weighted by Gasteiger charge is -2.17. The van der Waals surface area contributed by atoms with Crippen LogP contribution in [0.1, 0.15) is 48.8 Å². The summed E-state index contributed by atoms with van der Waals surface area (Å²) < 4.78 is 2.04. The minimum Gasteiger partial charge on any atom is -0.350 e. The number of hydrogen-bond donors (Lipinski definition) is 1. The van der Waals surface area contributed by atoms with Gasteiger partial charge in [-0.3, -0.25) is 4.79 Å². The summed E-state index contributed by atoms with van der Waals surface area (Å²) in [6.45, 7) is 8.93. The van der Waals surface area contributed by atoms with E-state index >= 15 is 0 Å². The van der Waals surface area contributed by atoms with Crippen LogP contribution in [0.5, 0.6) is 0 Å².